The van der Waals surface area contributed by atoms with Gasteiger partial charge in [0.25, 0.3) is 0 Å². The minimum Gasteiger partial charge on any atom is -0.501 e. The number of rotatable bonds is 10. The zero-order valence-electron chi connectivity index (χ0n) is 18.3. The quantitative estimate of drug-likeness (QED) is 0.233. The molecule has 0 aliphatic rings. The van der Waals surface area contributed by atoms with Crippen LogP contribution in [-0.4, -0.2) is 25.2 Å². The van der Waals surface area contributed by atoms with Crippen molar-refractivity contribution in [3.8, 4) is 11.5 Å². The molecule has 164 valence electrons. The van der Waals surface area contributed by atoms with Crippen molar-refractivity contribution in [2.75, 3.05) is 13.2 Å². The lowest BCUT2D eigenvalue weighted by Gasteiger charge is -2.26. The van der Waals surface area contributed by atoms with E-state index in [1.54, 1.807) is 24.3 Å². The summed E-state index contributed by atoms with van der Waals surface area (Å²) in [6.45, 7) is 8.81. The highest BCUT2D eigenvalue weighted by atomic mass is 16.5. The van der Waals surface area contributed by atoms with Gasteiger partial charge in [0.1, 0.15) is 11.5 Å². The third-order valence-electron chi connectivity index (χ3n) is 4.52. The van der Waals surface area contributed by atoms with Crippen LogP contribution in [-0.2, 0) is 24.5 Å². The van der Waals surface area contributed by atoms with Gasteiger partial charge in [-0.15, -0.1) is 0 Å². The molecule has 6 nitrogen and oxygen atoms in total. The first-order valence-corrected chi connectivity index (χ1v) is 10.1. The monoisotopic (exact) mass is 424 g/mol. The topological polar surface area (TPSA) is 71.1 Å². The van der Waals surface area contributed by atoms with Crippen LogP contribution in [0.1, 0.15) is 38.8 Å². The Labute approximate surface area is 183 Å². The Morgan fingerprint density at radius 1 is 0.710 bits per heavy atom. The number of hydrogen-bond acceptors (Lipinski definition) is 6. The number of esters is 2. The van der Waals surface area contributed by atoms with E-state index in [0.29, 0.717) is 24.7 Å². The molecule has 0 heterocycles. The molecule has 0 saturated heterocycles. The highest BCUT2D eigenvalue weighted by Crippen LogP contribution is 2.33. The first-order chi connectivity index (χ1) is 14.9. The van der Waals surface area contributed by atoms with E-state index in [2.05, 4.69) is 13.8 Å². The van der Waals surface area contributed by atoms with Crippen molar-refractivity contribution in [2.45, 2.75) is 33.1 Å². The molecule has 0 aliphatic heterocycles. The molecule has 0 fully saturated rings. The zero-order chi connectivity index (χ0) is 22.7. The fraction of sp³-hybridized carbons (Fsp3) is 0.280. The van der Waals surface area contributed by atoms with Crippen molar-refractivity contribution in [1.82, 2.24) is 0 Å². The van der Waals surface area contributed by atoms with Gasteiger partial charge in [-0.3, -0.25) is 0 Å². The third-order valence-corrected chi connectivity index (χ3v) is 4.52. The Kier molecular flexibility index (Phi) is 8.88. The first-order valence-electron chi connectivity index (χ1n) is 10.1. The van der Waals surface area contributed by atoms with Gasteiger partial charge in [0.15, 0.2) is 0 Å². The van der Waals surface area contributed by atoms with E-state index >= 15 is 0 Å². The predicted molar refractivity (Wildman–Crippen MR) is 118 cm³/mol. The van der Waals surface area contributed by atoms with E-state index in [1.165, 1.54) is 24.7 Å². The summed E-state index contributed by atoms with van der Waals surface area (Å²) in [5.74, 6) is -0.0930. The molecule has 0 unspecified atom stereocenters. The zero-order valence-corrected chi connectivity index (χ0v) is 18.3. The summed E-state index contributed by atoms with van der Waals surface area (Å²) in [4.78, 5) is 23.5. The van der Waals surface area contributed by atoms with Crippen LogP contribution in [0.5, 0.6) is 11.5 Å². The maximum atomic E-state index is 11.7. The molecule has 6 heteroatoms. The van der Waals surface area contributed by atoms with Crippen LogP contribution in [0.3, 0.4) is 0 Å². The minimum atomic E-state index is -0.498. The second kappa shape index (κ2) is 11.6. The lowest BCUT2D eigenvalue weighted by Crippen LogP contribution is -2.18. The molecule has 0 amide bonds. The van der Waals surface area contributed by atoms with Crippen LogP contribution < -0.4 is 9.47 Å². The molecule has 2 aromatic carbocycles. The standard InChI is InChI=1S/C25H28O6/c1-5-28-17-15-23(26)30-21-11-7-19(8-12-21)25(3,4)20-9-13-22(14-10-20)31-24(27)16-18-29-6-2/h7-18H,5-6H2,1-4H3/b17-15-,18-16-. The molecule has 31 heavy (non-hydrogen) atoms. The van der Waals surface area contributed by atoms with E-state index in [1.807, 2.05) is 38.1 Å². The molecule has 2 aromatic rings. The SMILES string of the molecule is CCO/C=C\C(=O)Oc1ccc(C(C)(C)c2ccc(OC(=O)/C=C\OCC)cc2)cc1. The molecule has 0 spiro atoms. The van der Waals surface area contributed by atoms with E-state index in [9.17, 15) is 9.59 Å². The second-order valence-electron chi connectivity index (χ2n) is 7.03. The highest BCUT2D eigenvalue weighted by molar-refractivity contribution is 5.84. The molecule has 0 N–H and O–H groups in total. The Bertz CT molecular complexity index is 833. The molecule has 0 radical (unpaired) electrons. The van der Waals surface area contributed by atoms with Gasteiger partial charge >= 0.3 is 11.9 Å². The van der Waals surface area contributed by atoms with Crippen molar-refractivity contribution >= 4 is 11.9 Å². The molecule has 0 aromatic heterocycles. The van der Waals surface area contributed by atoms with Crippen LogP contribution >= 0.6 is 0 Å². The van der Waals surface area contributed by atoms with Gasteiger partial charge < -0.3 is 18.9 Å². The van der Waals surface area contributed by atoms with Crippen LogP contribution in [0.4, 0.5) is 0 Å². The van der Waals surface area contributed by atoms with Crippen molar-refractivity contribution in [3.05, 3.63) is 84.3 Å². The van der Waals surface area contributed by atoms with Crippen molar-refractivity contribution in [2.24, 2.45) is 0 Å². The number of benzene rings is 2. The predicted octanol–water partition coefficient (Wildman–Crippen LogP) is 4.92. The molecule has 2 rings (SSSR count). The van der Waals surface area contributed by atoms with Crippen LogP contribution in [0.25, 0.3) is 0 Å². The third kappa shape index (κ3) is 7.33. The number of hydrogen-bond donors (Lipinski definition) is 0. The normalized spacial score (nSPS) is 11.5. The summed E-state index contributed by atoms with van der Waals surface area (Å²) < 4.78 is 20.5. The van der Waals surface area contributed by atoms with Crippen LogP contribution in [0.15, 0.2) is 73.2 Å². The van der Waals surface area contributed by atoms with E-state index in [0.717, 1.165) is 11.1 Å². The fourth-order valence-electron chi connectivity index (χ4n) is 2.75. The summed E-state index contributed by atoms with van der Waals surface area (Å²) >= 11 is 0. The summed E-state index contributed by atoms with van der Waals surface area (Å²) in [6, 6.07) is 14.7. The van der Waals surface area contributed by atoms with E-state index in [4.69, 9.17) is 18.9 Å². The lowest BCUT2D eigenvalue weighted by atomic mass is 9.78. The summed E-state index contributed by atoms with van der Waals surface area (Å²) in [5, 5.41) is 0. The van der Waals surface area contributed by atoms with Gasteiger partial charge in [-0.2, -0.15) is 0 Å². The van der Waals surface area contributed by atoms with Gasteiger partial charge in [-0.1, -0.05) is 38.1 Å². The average molecular weight is 424 g/mol. The Morgan fingerprint density at radius 2 is 1.06 bits per heavy atom. The Balaban J connectivity index is 2.04. The molecular formula is C25H28O6. The molecule has 0 aliphatic carbocycles. The Morgan fingerprint density at radius 3 is 1.39 bits per heavy atom. The molecule has 0 bridgehead atoms. The fourth-order valence-corrected chi connectivity index (χ4v) is 2.75. The van der Waals surface area contributed by atoms with Gasteiger partial charge in [-0.05, 0) is 49.2 Å². The maximum absolute atomic E-state index is 11.7. The number of ether oxygens (including phenoxy) is 4. The first kappa shape index (κ1) is 23.7. The molecular weight excluding hydrogens is 396 g/mol. The van der Waals surface area contributed by atoms with E-state index in [-0.39, 0.29) is 5.41 Å². The maximum Gasteiger partial charge on any atom is 0.339 e. The van der Waals surface area contributed by atoms with Gasteiger partial charge in [0.05, 0.1) is 37.9 Å². The number of carbonyl (C=O) groups is 2. The smallest absolute Gasteiger partial charge is 0.339 e. The van der Waals surface area contributed by atoms with E-state index < -0.39 is 11.9 Å². The van der Waals surface area contributed by atoms with Gasteiger partial charge in [-0.25, -0.2) is 9.59 Å². The van der Waals surface area contributed by atoms with Gasteiger partial charge in [0.2, 0.25) is 0 Å². The second-order valence-corrected chi connectivity index (χ2v) is 7.03. The molecule has 0 atom stereocenters. The van der Waals surface area contributed by atoms with Crippen molar-refractivity contribution < 1.29 is 28.5 Å². The average Bonchev–Trinajstić information content (AvgIpc) is 2.75. The summed E-state index contributed by atoms with van der Waals surface area (Å²) in [6.07, 6.45) is 5.11. The summed E-state index contributed by atoms with van der Waals surface area (Å²) in [5.41, 5.74) is 1.78. The highest BCUT2D eigenvalue weighted by Gasteiger charge is 2.23. The Hall–Kier alpha value is -3.54. The minimum absolute atomic E-state index is 0.311. The van der Waals surface area contributed by atoms with Gasteiger partial charge in [0, 0.05) is 5.41 Å². The van der Waals surface area contributed by atoms with Crippen LogP contribution in [0, 0.1) is 0 Å². The lowest BCUT2D eigenvalue weighted by molar-refractivity contribution is -0.130. The number of carbonyl (C=O) groups excluding carboxylic acids is 2. The summed E-state index contributed by atoms with van der Waals surface area (Å²) in [7, 11) is 0. The van der Waals surface area contributed by atoms with Crippen LogP contribution in [0.2, 0.25) is 0 Å². The molecule has 0 saturated carbocycles. The van der Waals surface area contributed by atoms with Crippen molar-refractivity contribution in [1.29, 1.82) is 0 Å². The van der Waals surface area contributed by atoms with Crippen molar-refractivity contribution in [3.63, 3.8) is 0 Å². The largest absolute Gasteiger partial charge is 0.501 e.